The van der Waals surface area contributed by atoms with Crippen LogP contribution in [0.15, 0.2) is 0 Å². The summed E-state index contributed by atoms with van der Waals surface area (Å²) in [5.41, 5.74) is 0.701. The fraction of sp³-hybridized carbons (Fsp3) is 1.00. The van der Waals surface area contributed by atoms with E-state index in [1.165, 1.54) is 109 Å². The van der Waals surface area contributed by atoms with E-state index < -0.39 is 0 Å². The Kier molecular flexibility index (Phi) is 10.1. The van der Waals surface area contributed by atoms with Crippen LogP contribution >= 0.6 is 11.8 Å². The third kappa shape index (κ3) is 5.63. The number of hydrogen-bond donors (Lipinski definition) is 0. The molecule has 14 unspecified atom stereocenters. The van der Waals surface area contributed by atoms with Gasteiger partial charge >= 0.3 is 0 Å². The molecule has 0 radical (unpaired) electrons. The molecule has 0 aromatic carbocycles. The molecule has 2 nitrogen and oxygen atoms in total. The van der Waals surface area contributed by atoms with Gasteiger partial charge in [0.15, 0.2) is 0 Å². The minimum atomic E-state index is 0.558. The van der Waals surface area contributed by atoms with Gasteiger partial charge in [-0.15, -0.1) is 0 Å². The average molecular weight is 730 g/mol. The zero-order valence-corrected chi connectivity index (χ0v) is 34.3. The van der Waals surface area contributed by atoms with Crippen molar-refractivity contribution in [1.82, 2.24) is 4.90 Å². The van der Waals surface area contributed by atoms with Crippen LogP contribution in [-0.4, -0.2) is 45.7 Å². The molecule has 14 atom stereocenters. The fourth-order valence-electron chi connectivity index (χ4n) is 19.0. The van der Waals surface area contributed by atoms with E-state index in [0.29, 0.717) is 17.6 Å². The first-order valence-electron chi connectivity index (χ1n) is 24.9. The van der Waals surface area contributed by atoms with E-state index in [9.17, 15) is 0 Å². The third-order valence-electron chi connectivity index (χ3n) is 20.2. The van der Waals surface area contributed by atoms with Crippen LogP contribution in [0.5, 0.6) is 0 Å². The summed E-state index contributed by atoms with van der Waals surface area (Å²) >= 11 is 2.47. The molecule has 11 fully saturated rings. The van der Waals surface area contributed by atoms with E-state index in [0.717, 1.165) is 87.8 Å². The van der Waals surface area contributed by atoms with Crippen LogP contribution in [0.3, 0.4) is 0 Å². The second kappa shape index (κ2) is 14.9. The Morgan fingerprint density at radius 3 is 1.73 bits per heavy atom. The predicted molar refractivity (Wildman–Crippen MR) is 217 cm³/mol. The van der Waals surface area contributed by atoms with Crippen molar-refractivity contribution < 1.29 is 4.74 Å². The van der Waals surface area contributed by atoms with E-state index in [2.05, 4.69) is 16.7 Å². The number of nitrogens with zero attached hydrogens (tertiary/aromatic N) is 1. The van der Waals surface area contributed by atoms with Gasteiger partial charge in [0.25, 0.3) is 0 Å². The maximum Gasteiger partial charge on any atom is 0.0766 e. The van der Waals surface area contributed by atoms with Gasteiger partial charge in [-0.1, -0.05) is 96.3 Å². The molecular formula is C49H79NOS. The maximum atomic E-state index is 7.90. The minimum absolute atomic E-state index is 0.558. The van der Waals surface area contributed by atoms with E-state index in [1.807, 2.05) is 0 Å². The van der Waals surface area contributed by atoms with Crippen molar-refractivity contribution in [1.29, 1.82) is 0 Å². The quantitative estimate of drug-likeness (QED) is 0.280. The number of ether oxygens (including phenoxy) is 1. The Morgan fingerprint density at radius 2 is 0.962 bits per heavy atom. The van der Waals surface area contributed by atoms with Gasteiger partial charge in [-0.2, -0.15) is 11.8 Å². The Balaban J connectivity index is 0.962. The summed E-state index contributed by atoms with van der Waals surface area (Å²) in [6.45, 7) is 0. The van der Waals surface area contributed by atoms with Gasteiger partial charge in [-0.25, -0.2) is 0 Å². The molecule has 292 valence electrons. The third-order valence-corrected chi connectivity index (χ3v) is 22.1. The Labute approximate surface area is 324 Å². The first kappa shape index (κ1) is 35.4. The van der Waals surface area contributed by atoms with Crippen molar-refractivity contribution in [2.24, 2.45) is 64.6 Å². The molecule has 3 heteroatoms. The first-order valence-corrected chi connectivity index (χ1v) is 25.8. The molecule has 52 heavy (non-hydrogen) atoms. The Bertz CT molecular complexity index is 1200. The second-order valence-electron chi connectivity index (χ2n) is 21.9. The standard InChI is InChI=1S/C49H79NOS/c1-4-16-32(17-5-1)49(33-18-6-2-7-19-33)39-25-12-10-22-37(39)45-40(49)26-15-27-41(45)50(34-20-8-3-9-21-34)42-28-14-24-35-36-30-31-44-46(48(36)51-47(35)42)38-23-11-13-29-43(38)52-44/h32-48H,1-31H2. The highest BCUT2D eigenvalue weighted by Crippen LogP contribution is 2.72. The first-order chi connectivity index (χ1) is 25.8. The molecule has 2 aliphatic heterocycles. The lowest BCUT2D eigenvalue weighted by Gasteiger charge is -2.58. The van der Waals surface area contributed by atoms with Crippen molar-refractivity contribution in [3.05, 3.63) is 0 Å². The highest BCUT2D eigenvalue weighted by Gasteiger charge is 2.68. The monoisotopic (exact) mass is 730 g/mol. The smallest absolute Gasteiger partial charge is 0.0766 e. The van der Waals surface area contributed by atoms with Crippen molar-refractivity contribution in [2.75, 3.05) is 0 Å². The molecule has 9 saturated carbocycles. The Hall–Kier alpha value is 0.270. The van der Waals surface area contributed by atoms with Crippen LogP contribution in [0.4, 0.5) is 0 Å². The van der Waals surface area contributed by atoms with Crippen LogP contribution in [0.25, 0.3) is 0 Å². The number of hydrogen-bond acceptors (Lipinski definition) is 3. The summed E-state index contributed by atoms with van der Waals surface area (Å²) < 4.78 is 7.90. The summed E-state index contributed by atoms with van der Waals surface area (Å²) in [5.74, 6) is 9.94. The molecule has 11 rings (SSSR count). The van der Waals surface area contributed by atoms with Crippen LogP contribution in [0.1, 0.15) is 199 Å². The molecular weight excluding hydrogens is 651 g/mol. The van der Waals surface area contributed by atoms with Crippen LogP contribution in [0.2, 0.25) is 0 Å². The van der Waals surface area contributed by atoms with Crippen molar-refractivity contribution in [3.8, 4) is 0 Å². The Morgan fingerprint density at radius 1 is 0.385 bits per heavy atom. The van der Waals surface area contributed by atoms with E-state index in [1.54, 1.807) is 89.9 Å². The molecule has 11 aliphatic rings. The molecule has 0 amide bonds. The van der Waals surface area contributed by atoms with Crippen molar-refractivity contribution in [2.45, 2.75) is 240 Å². The van der Waals surface area contributed by atoms with E-state index in [4.69, 9.17) is 4.74 Å². The highest BCUT2D eigenvalue weighted by molar-refractivity contribution is 8.00. The molecule has 0 aromatic rings. The zero-order chi connectivity index (χ0) is 34.2. The van der Waals surface area contributed by atoms with Gasteiger partial charge in [-0.05, 0) is 161 Å². The average Bonchev–Trinajstić information content (AvgIpc) is 3.88. The van der Waals surface area contributed by atoms with Gasteiger partial charge < -0.3 is 4.74 Å². The summed E-state index contributed by atoms with van der Waals surface area (Å²) in [6.07, 6.45) is 48.9. The van der Waals surface area contributed by atoms with Crippen molar-refractivity contribution >= 4 is 11.8 Å². The summed E-state index contributed by atoms with van der Waals surface area (Å²) in [6, 6.07) is 2.45. The van der Waals surface area contributed by atoms with E-state index in [-0.39, 0.29) is 0 Å². The topological polar surface area (TPSA) is 12.5 Å². The van der Waals surface area contributed by atoms with Crippen molar-refractivity contribution in [3.63, 3.8) is 0 Å². The molecule has 2 saturated heterocycles. The van der Waals surface area contributed by atoms with Gasteiger partial charge in [0, 0.05) is 34.5 Å². The molecule has 0 aromatic heterocycles. The minimum Gasteiger partial charge on any atom is -0.372 e. The SMILES string of the molecule is C1CCC(N(C2CCCC3C4CCC5SC6CCCCC6C5C4OC32)C2CCCC3C2C2CCCCC2C3(C2CCCCC2)C2CCCCC2)CC1. The van der Waals surface area contributed by atoms with Gasteiger partial charge in [0.1, 0.15) is 0 Å². The molecule has 0 spiro atoms. The predicted octanol–water partition coefficient (Wildman–Crippen LogP) is 13.0. The fourth-order valence-corrected chi connectivity index (χ4v) is 21.1. The van der Waals surface area contributed by atoms with E-state index >= 15 is 0 Å². The lowest BCUT2D eigenvalue weighted by molar-refractivity contribution is -0.117. The van der Waals surface area contributed by atoms with Crippen LogP contribution in [-0.2, 0) is 4.74 Å². The molecule has 9 aliphatic carbocycles. The number of rotatable bonds is 5. The molecule has 2 heterocycles. The molecule has 0 N–H and O–H groups in total. The van der Waals surface area contributed by atoms with Crippen LogP contribution < -0.4 is 0 Å². The van der Waals surface area contributed by atoms with Gasteiger partial charge in [0.05, 0.1) is 12.2 Å². The van der Waals surface area contributed by atoms with Crippen LogP contribution in [0, 0.1) is 64.6 Å². The maximum absolute atomic E-state index is 7.90. The summed E-state index contributed by atoms with van der Waals surface area (Å²) in [7, 11) is 0. The normalized spacial score (nSPS) is 49.8. The highest BCUT2D eigenvalue weighted by atomic mass is 32.2. The zero-order valence-electron chi connectivity index (χ0n) is 33.5. The number of fused-ring (bicyclic) bond motifs is 10. The largest absolute Gasteiger partial charge is 0.372 e. The summed E-state index contributed by atoms with van der Waals surface area (Å²) in [4.78, 5) is 3.48. The van der Waals surface area contributed by atoms with Gasteiger partial charge in [0.2, 0.25) is 0 Å². The summed E-state index contributed by atoms with van der Waals surface area (Å²) in [5, 5.41) is 1.90. The number of thioether (sulfide) groups is 1. The van der Waals surface area contributed by atoms with Gasteiger partial charge in [-0.3, -0.25) is 4.90 Å². The lowest BCUT2D eigenvalue weighted by atomic mass is 9.48. The lowest BCUT2D eigenvalue weighted by Crippen LogP contribution is -2.61. The second-order valence-corrected chi connectivity index (χ2v) is 23.3. The molecule has 0 bridgehead atoms.